The fourth-order valence-corrected chi connectivity index (χ4v) is 3.07. The van der Waals surface area contributed by atoms with Gasteiger partial charge in [0, 0.05) is 65.5 Å². The van der Waals surface area contributed by atoms with Crippen LogP contribution in [0.1, 0.15) is 58.3 Å². The molecule has 14 heteroatoms. The third-order valence-electron chi connectivity index (χ3n) is 5.30. The molecule has 4 amide bonds. The maximum atomic E-state index is 12.4. The smallest absolute Gasteiger partial charge is 0.224 e. The average molecular weight is 555 g/mol. The van der Waals surface area contributed by atoms with Crippen LogP contribution in [0.25, 0.3) is 0 Å². The van der Waals surface area contributed by atoms with Gasteiger partial charge in [-0.3, -0.25) is 38.4 Å². The average Bonchev–Trinajstić information content (AvgIpc) is 2.89. The highest BCUT2D eigenvalue weighted by Gasteiger charge is 2.25. The molecular formula is C25H38N4O10. The minimum absolute atomic E-state index is 0.0313. The van der Waals surface area contributed by atoms with E-state index in [1.807, 2.05) is 0 Å². The molecule has 0 saturated heterocycles. The largest absolute Gasteiger partial charge is 0.377 e. The molecule has 0 heterocycles. The normalized spacial score (nSPS) is 11.1. The number of hydrogen-bond donors (Lipinski definition) is 4. The number of ether oxygens (including phenoxy) is 1. The molecule has 0 aliphatic rings. The molecule has 1 atom stereocenters. The maximum Gasteiger partial charge on any atom is 0.224 e. The summed E-state index contributed by atoms with van der Waals surface area (Å²) in [6.07, 6.45) is -1.15. The molecule has 0 aromatic rings. The zero-order valence-corrected chi connectivity index (χ0v) is 22.6. The van der Waals surface area contributed by atoms with E-state index in [0.717, 1.165) is 0 Å². The van der Waals surface area contributed by atoms with Crippen molar-refractivity contribution in [2.24, 2.45) is 5.92 Å². The zero-order chi connectivity index (χ0) is 29.8. The molecule has 0 unspecified atom stereocenters. The summed E-state index contributed by atoms with van der Waals surface area (Å²) in [5.41, 5.74) is 0. The van der Waals surface area contributed by atoms with Crippen molar-refractivity contribution >= 4 is 52.5 Å². The van der Waals surface area contributed by atoms with Crippen LogP contribution in [0.5, 0.6) is 0 Å². The highest BCUT2D eigenvalue weighted by molar-refractivity contribution is 5.94. The quantitative estimate of drug-likeness (QED) is 0.119. The summed E-state index contributed by atoms with van der Waals surface area (Å²) in [5.74, 6) is -4.89. The molecule has 0 spiro atoms. The Hall–Kier alpha value is -3.81. The molecule has 218 valence electrons. The number of carbonyl (C=O) groups is 9. The molecule has 0 rings (SSSR count). The summed E-state index contributed by atoms with van der Waals surface area (Å²) in [5, 5.41) is 9.44. The van der Waals surface area contributed by atoms with E-state index in [-0.39, 0.29) is 88.4 Å². The summed E-state index contributed by atoms with van der Waals surface area (Å²) < 4.78 is 4.73. The van der Waals surface area contributed by atoms with Crippen molar-refractivity contribution < 1.29 is 47.9 Å². The second-order valence-corrected chi connectivity index (χ2v) is 8.84. The predicted molar refractivity (Wildman–Crippen MR) is 136 cm³/mol. The third kappa shape index (κ3) is 19.0. The second kappa shape index (κ2) is 20.2. The molecular weight excluding hydrogens is 516 g/mol. The third-order valence-corrected chi connectivity index (χ3v) is 5.30. The van der Waals surface area contributed by atoms with E-state index >= 15 is 0 Å². The van der Waals surface area contributed by atoms with Crippen LogP contribution in [-0.2, 0) is 47.9 Å². The first-order valence-electron chi connectivity index (χ1n) is 12.4. The van der Waals surface area contributed by atoms with Crippen LogP contribution in [0.3, 0.4) is 0 Å². The molecule has 0 aliphatic carbocycles. The van der Waals surface area contributed by atoms with Gasteiger partial charge in [0.1, 0.15) is 12.4 Å². The molecule has 0 aromatic carbocycles. The van der Waals surface area contributed by atoms with E-state index in [4.69, 9.17) is 4.74 Å². The number of carbonyl (C=O) groups excluding carboxylic acids is 9. The Bertz CT molecular complexity index is 932. The number of amides is 4. The molecule has 0 aromatic heterocycles. The first-order chi connectivity index (χ1) is 18.4. The second-order valence-electron chi connectivity index (χ2n) is 8.84. The Morgan fingerprint density at radius 3 is 1.49 bits per heavy atom. The van der Waals surface area contributed by atoms with Gasteiger partial charge in [0.05, 0.1) is 25.6 Å². The van der Waals surface area contributed by atoms with Crippen LogP contribution in [-0.4, -0.2) is 92.9 Å². The molecule has 0 saturated carbocycles. The van der Waals surface area contributed by atoms with Gasteiger partial charge in [-0.25, -0.2) is 0 Å². The highest BCUT2D eigenvalue weighted by Crippen LogP contribution is 2.10. The van der Waals surface area contributed by atoms with E-state index in [1.54, 1.807) is 0 Å². The number of nitrogens with one attached hydrogen (secondary N) is 4. The summed E-state index contributed by atoms with van der Waals surface area (Å²) in [7, 11) is 2.71. The first-order valence-corrected chi connectivity index (χ1v) is 12.4. The lowest BCUT2D eigenvalue weighted by Crippen LogP contribution is -2.38. The first kappa shape index (κ1) is 35.2. The van der Waals surface area contributed by atoms with Crippen molar-refractivity contribution in [1.29, 1.82) is 0 Å². The molecule has 0 fully saturated rings. The standard InChI is InChI=1S/C25H38N4O10/c1-16(30)4-5-18(31)12-27-22(35)8-6-19(32)13-28-23(36)9-7-20(33)14-29-25(38)17(11-24(37)26-2)10-21(34)15-39-3/h17H,4-15H2,1-3H3,(H,26,37)(H,27,35)(H,28,36)(H,29,38)/t17-/m0/s1. The SMILES string of the molecule is CNC(=O)C[C@H](CC(=O)COC)C(=O)NCC(=O)CCC(=O)NCC(=O)CCC(=O)NCC(=O)CCC(C)=O. The number of ketones is 5. The lowest BCUT2D eigenvalue weighted by atomic mass is 9.97. The van der Waals surface area contributed by atoms with Gasteiger partial charge in [0.15, 0.2) is 23.1 Å². The minimum atomic E-state index is -0.982. The topological polar surface area (TPSA) is 211 Å². The van der Waals surface area contributed by atoms with E-state index in [2.05, 4.69) is 21.3 Å². The van der Waals surface area contributed by atoms with Gasteiger partial charge in [-0.1, -0.05) is 0 Å². The highest BCUT2D eigenvalue weighted by atomic mass is 16.5. The summed E-state index contributed by atoms with van der Waals surface area (Å²) >= 11 is 0. The van der Waals surface area contributed by atoms with E-state index in [9.17, 15) is 43.2 Å². The molecule has 0 aliphatic heterocycles. The van der Waals surface area contributed by atoms with Gasteiger partial charge < -0.3 is 30.8 Å². The van der Waals surface area contributed by atoms with Crippen LogP contribution in [0.2, 0.25) is 0 Å². The lowest BCUT2D eigenvalue weighted by Gasteiger charge is -2.15. The molecule has 14 nitrogen and oxygen atoms in total. The van der Waals surface area contributed by atoms with Gasteiger partial charge in [0.2, 0.25) is 23.6 Å². The van der Waals surface area contributed by atoms with Gasteiger partial charge >= 0.3 is 0 Å². The minimum Gasteiger partial charge on any atom is -0.377 e. The lowest BCUT2D eigenvalue weighted by molar-refractivity contribution is -0.134. The Morgan fingerprint density at radius 2 is 1.05 bits per heavy atom. The Labute approximate surface area is 226 Å². The summed E-state index contributed by atoms with van der Waals surface area (Å²) in [6.45, 7) is 0.169. The number of Topliss-reactive ketones (excluding diaryl/α,β-unsaturated/α-hetero) is 5. The van der Waals surface area contributed by atoms with E-state index in [1.165, 1.54) is 21.1 Å². The number of methoxy groups -OCH3 is 1. The Balaban J connectivity index is 4.27. The molecule has 0 bridgehead atoms. The summed E-state index contributed by atoms with van der Waals surface area (Å²) in [6, 6.07) is 0. The van der Waals surface area contributed by atoms with Gasteiger partial charge in [0.25, 0.3) is 0 Å². The van der Waals surface area contributed by atoms with E-state index < -0.39 is 47.7 Å². The molecule has 4 N–H and O–H groups in total. The van der Waals surface area contributed by atoms with Crippen molar-refractivity contribution in [3.8, 4) is 0 Å². The number of hydrogen-bond acceptors (Lipinski definition) is 10. The summed E-state index contributed by atoms with van der Waals surface area (Å²) in [4.78, 5) is 106. The van der Waals surface area contributed by atoms with Crippen LogP contribution < -0.4 is 21.3 Å². The Morgan fingerprint density at radius 1 is 0.590 bits per heavy atom. The van der Waals surface area contributed by atoms with Crippen molar-refractivity contribution in [2.75, 3.05) is 40.4 Å². The van der Waals surface area contributed by atoms with Crippen molar-refractivity contribution in [1.82, 2.24) is 21.3 Å². The van der Waals surface area contributed by atoms with E-state index in [0.29, 0.717) is 0 Å². The van der Waals surface area contributed by atoms with Gasteiger partial charge in [-0.05, 0) is 6.92 Å². The number of rotatable bonds is 22. The molecule has 0 radical (unpaired) electrons. The van der Waals surface area contributed by atoms with Gasteiger partial charge in [-0.15, -0.1) is 0 Å². The van der Waals surface area contributed by atoms with Crippen molar-refractivity contribution in [2.45, 2.75) is 58.3 Å². The maximum absolute atomic E-state index is 12.4. The fraction of sp³-hybridized carbons (Fsp3) is 0.640. The fourth-order valence-electron chi connectivity index (χ4n) is 3.07. The van der Waals surface area contributed by atoms with Crippen molar-refractivity contribution in [3.05, 3.63) is 0 Å². The zero-order valence-electron chi connectivity index (χ0n) is 22.6. The Kier molecular flexibility index (Phi) is 18.2. The monoisotopic (exact) mass is 554 g/mol. The van der Waals surface area contributed by atoms with Gasteiger partial charge in [-0.2, -0.15) is 0 Å². The van der Waals surface area contributed by atoms with Crippen LogP contribution in [0.4, 0.5) is 0 Å². The van der Waals surface area contributed by atoms with Crippen LogP contribution in [0.15, 0.2) is 0 Å². The molecule has 39 heavy (non-hydrogen) atoms. The van der Waals surface area contributed by atoms with Crippen LogP contribution >= 0.6 is 0 Å². The predicted octanol–water partition coefficient (Wildman–Crippen LogP) is -1.67. The van der Waals surface area contributed by atoms with Crippen molar-refractivity contribution in [3.63, 3.8) is 0 Å². The van der Waals surface area contributed by atoms with Crippen LogP contribution in [0, 0.1) is 5.92 Å².